The van der Waals surface area contributed by atoms with Gasteiger partial charge in [0.15, 0.2) is 5.69 Å². The molecule has 2 aromatic heterocycles. The second-order valence-corrected chi connectivity index (χ2v) is 11.1. The normalized spacial score (nSPS) is 18.0. The summed E-state index contributed by atoms with van der Waals surface area (Å²) in [6.07, 6.45) is -0.0258. The van der Waals surface area contributed by atoms with E-state index < -0.39 is 41.3 Å². The van der Waals surface area contributed by atoms with Crippen LogP contribution < -0.4 is 0 Å². The van der Waals surface area contributed by atoms with Crippen LogP contribution in [-0.2, 0) is 17.4 Å². The van der Waals surface area contributed by atoms with Gasteiger partial charge < -0.3 is 10.0 Å². The lowest BCUT2D eigenvalue weighted by molar-refractivity contribution is -0.147. The first kappa shape index (κ1) is 29.8. The van der Waals surface area contributed by atoms with E-state index in [4.69, 9.17) is 23.2 Å². The molecule has 38 heavy (non-hydrogen) atoms. The van der Waals surface area contributed by atoms with Crippen LogP contribution in [0.1, 0.15) is 74.1 Å². The van der Waals surface area contributed by atoms with Crippen LogP contribution in [0.5, 0.6) is 0 Å². The number of carbonyl (C=O) groups excluding carboxylic acids is 1. The highest BCUT2D eigenvalue weighted by molar-refractivity contribution is 6.35. The van der Waals surface area contributed by atoms with Crippen LogP contribution in [0.3, 0.4) is 0 Å². The van der Waals surface area contributed by atoms with Crippen molar-refractivity contribution in [3.63, 3.8) is 0 Å². The van der Waals surface area contributed by atoms with Crippen molar-refractivity contribution in [2.75, 3.05) is 13.1 Å². The van der Waals surface area contributed by atoms with Crippen molar-refractivity contribution in [1.82, 2.24) is 19.7 Å². The summed E-state index contributed by atoms with van der Waals surface area (Å²) < 4.78 is 43.7. The van der Waals surface area contributed by atoms with Gasteiger partial charge in [-0.3, -0.25) is 19.3 Å². The maximum absolute atomic E-state index is 14.3. The Morgan fingerprint density at radius 1 is 1.11 bits per heavy atom. The number of hydrogen-bond acceptors (Lipinski definition) is 4. The molecule has 1 fully saturated rings. The van der Waals surface area contributed by atoms with E-state index in [2.05, 4.69) is 21.9 Å². The molecule has 7 nitrogen and oxygen atoms in total. The molecule has 1 saturated carbocycles. The van der Waals surface area contributed by atoms with Crippen molar-refractivity contribution in [2.45, 2.75) is 65.1 Å². The molecule has 0 atom stereocenters. The van der Waals surface area contributed by atoms with E-state index in [0.29, 0.717) is 5.56 Å². The summed E-state index contributed by atoms with van der Waals surface area (Å²) in [6.45, 7) is 5.55. The van der Waals surface area contributed by atoms with E-state index in [1.54, 1.807) is 0 Å². The van der Waals surface area contributed by atoms with E-state index in [9.17, 15) is 27.9 Å². The number of aliphatic carboxylic acids is 1. The average molecular weight is 573 g/mol. The Morgan fingerprint density at radius 2 is 1.71 bits per heavy atom. The third-order valence-corrected chi connectivity index (χ3v) is 6.94. The van der Waals surface area contributed by atoms with Crippen LogP contribution in [0.25, 0.3) is 0 Å². The molecule has 1 amide bonds. The van der Waals surface area contributed by atoms with Crippen molar-refractivity contribution < 1.29 is 27.9 Å². The van der Waals surface area contributed by atoms with Crippen LogP contribution in [0.15, 0.2) is 18.6 Å². The summed E-state index contributed by atoms with van der Waals surface area (Å²) in [5.41, 5.74) is -1.58. The Morgan fingerprint density at radius 3 is 2.24 bits per heavy atom. The molecule has 0 aliphatic heterocycles. The van der Waals surface area contributed by atoms with Gasteiger partial charge in [-0.25, -0.2) is 0 Å². The number of rotatable bonds is 7. The van der Waals surface area contributed by atoms with Crippen molar-refractivity contribution >= 4 is 35.1 Å². The molecule has 206 valence electrons. The molecular weight excluding hydrogens is 544 g/mol. The Hall–Kier alpha value is -2.77. The van der Waals surface area contributed by atoms with E-state index >= 15 is 0 Å². The molecule has 1 aliphatic rings. The molecule has 0 radical (unpaired) electrons. The fourth-order valence-electron chi connectivity index (χ4n) is 4.39. The Labute approximate surface area is 229 Å². The maximum atomic E-state index is 14.3. The van der Waals surface area contributed by atoms with E-state index in [1.165, 1.54) is 17.3 Å². The largest absolute Gasteiger partial charge is 0.481 e. The predicted octanol–water partition coefficient (Wildman–Crippen LogP) is 6.15. The van der Waals surface area contributed by atoms with E-state index in [-0.39, 0.29) is 60.7 Å². The fourth-order valence-corrected chi connectivity index (χ4v) is 4.95. The van der Waals surface area contributed by atoms with Gasteiger partial charge in [-0.15, -0.1) is 0 Å². The lowest BCUT2D eigenvalue weighted by Gasteiger charge is -2.28. The molecule has 2 heterocycles. The summed E-state index contributed by atoms with van der Waals surface area (Å²) >= 11 is 12.4. The SMILES string of the molecule is CC(C)(C)C#CCN(CCc1c(Cl)cncc1Cl)C(=O)c1cnn([C@H]2CC[C@H](C(=O)O)CC2)c1C(F)(F)F. The van der Waals surface area contributed by atoms with Crippen molar-refractivity contribution in [3.05, 3.63) is 45.5 Å². The second kappa shape index (κ2) is 12.0. The number of carboxylic acid groups (broad SMARTS) is 1. The Kier molecular flexibility index (Phi) is 9.37. The molecule has 2 aromatic rings. The molecule has 3 rings (SSSR count). The first-order valence-corrected chi connectivity index (χ1v) is 12.9. The number of carboxylic acids is 1. The molecule has 12 heteroatoms. The topological polar surface area (TPSA) is 88.3 Å². The number of hydrogen-bond donors (Lipinski definition) is 1. The fraction of sp³-hybridized carbons (Fsp3) is 0.538. The number of aromatic nitrogens is 3. The summed E-state index contributed by atoms with van der Waals surface area (Å²) in [5, 5.41) is 13.7. The number of halogens is 5. The Balaban J connectivity index is 1.94. The minimum atomic E-state index is -4.86. The monoisotopic (exact) mass is 572 g/mol. The third-order valence-electron chi connectivity index (χ3n) is 6.29. The van der Waals surface area contributed by atoms with Gasteiger partial charge in [0.05, 0.1) is 40.3 Å². The lowest BCUT2D eigenvalue weighted by Crippen LogP contribution is -2.35. The summed E-state index contributed by atoms with van der Waals surface area (Å²) in [7, 11) is 0. The zero-order valence-electron chi connectivity index (χ0n) is 21.3. The number of pyridine rings is 1. The van der Waals surface area contributed by atoms with Gasteiger partial charge >= 0.3 is 12.1 Å². The van der Waals surface area contributed by atoms with Gasteiger partial charge in [0.2, 0.25) is 0 Å². The highest BCUT2D eigenvalue weighted by atomic mass is 35.5. The quantitative estimate of drug-likeness (QED) is 0.402. The molecule has 1 aliphatic carbocycles. The molecular formula is C26H29Cl2F3N4O3. The number of alkyl halides is 3. The van der Waals surface area contributed by atoms with Crippen LogP contribution >= 0.6 is 23.2 Å². The molecule has 0 aromatic carbocycles. The highest BCUT2D eigenvalue weighted by Crippen LogP contribution is 2.39. The zero-order chi connectivity index (χ0) is 28.3. The number of carbonyl (C=O) groups is 2. The number of amides is 1. The first-order chi connectivity index (χ1) is 17.7. The van der Waals surface area contributed by atoms with Gasteiger partial charge in [0.1, 0.15) is 0 Å². The molecule has 1 N–H and O–H groups in total. The molecule has 0 saturated heterocycles. The smallest absolute Gasteiger partial charge is 0.433 e. The molecule has 0 spiro atoms. The minimum absolute atomic E-state index is 0.00725. The van der Waals surface area contributed by atoms with Crippen molar-refractivity contribution in [3.8, 4) is 11.8 Å². The average Bonchev–Trinajstić information content (AvgIpc) is 3.27. The predicted molar refractivity (Wildman–Crippen MR) is 137 cm³/mol. The van der Waals surface area contributed by atoms with Crippen LogP contribution in [0, 0.1) is 23.2 Å². The van der Waals surface area contributed by atoms with Gasteiger partial charge in [0.25, 0.3) is 5.91 Å². The lowest BCUT2D eigenvalue weighted by atomic mass is 9.86. The summed E-state index contributed by atoms with van der Waals surface area (Å²) in [4.78, 5) is 29.9. The first-order valence-electron chi connectivity index (χ1n) is 12.1. The number of nitrogens with zero attached hydrogens (tertiary/aromatic N) is 4. The zero-order valence-corrected chi connectivity index (χ0v) is 22.8. The van der Waals surface area contributed by atoms with Crippen molar-refractivity contribution in [1.29, 1.82) is 0 Å². The van der Waals surface area contributed by atoms with Gasteiger partial charge in [-0.05, 0) is 58.4 Å². The van der Waals surface area contributed by atoms with Crippen LogP contribution in [0.2, 0.25) is 10.0 Å². The third kappa shape index (κ3) is 7.41. The van der Waals surface area contributed by atoms with Crippen LogP contribution in [0.4, 0.5) is 13.2 Å². The van der Waals surface area contributed by atoms with Crippen molar-refractivity contribution in [2.24, 2.45) is 11.3 Å². The Bertz CT molecular complexity index is 1220. The van der Waals surface area contributed by atoms with Gasteiger partial charge in [-0.2, -0.15) is 18.3 Å². The maximum Gasteiger partial charge on any atom is 0.433 e. The van der Waals surface area contributed by atoms with Crippen LogP contribution in [-0.4, -0.2) is 49.7 Å². The van der Waals surface area contributed by atoms with E-state index in [1.807, 2.05) is 20.8 Å². The highest BCUT2D eigenvalue weighted by Gasteiger charge is 2.43. The molecule has 0 unspecified atom stereocenters. The van der Waals surface area contributed by atoms with Gasteiger partial charge in [-0.1, -0.05) is 35.0 Å². The second-order valence-electron chi connectivity index (χ2n) is 10.3. The van der Waals surface area contributed by atoms with E-state index in [0.717, 1.165) is 10.9 Å². The molecule has 0 bridgehead atoms. The summed E-state index contributed by atoms with van der Waals surface area (Å²) in [6, 6.07) is -0.660. The van der Waals surface area contributed by atoms with Gasteiger partial charge in [0, 0.05) is 24.4 Å². The summed E-state index contributed by atoms with van der Waals surface area (Å²) in [5.74, 6) is 3.47. The standard InChI is InChI=1S/C26H29Cl2F3N4O3/c1-25(2,3)10-4-11-34(12-9-18-20(27)14-32-15-21(18)28)23(36)19-13-33-35(22(19)26(29,30)31)17-7-5-16(6-8-17)24(37)38/h13-17H,5-9,11-12H2,1-3H3,(H,37,38)/t16-,17-. The minimum Gasteiger partial charge on any atom is -0.481 e.